The highest BCUT2D eigenvalue weighted by molar-refractivity contribution is 7.80. The predicted octanol–water partition coefficient (Wildman–Crippen LogP) is 1.15. The highest BCUT2D eigenvalue weighted by Crippen LogP contribution is 2.10. The topological polar surface area (TPSA) is 23.5 Å². The Morgan fingerprint density at radius 1 is 1.42 bits per heavy atom. The van der Waals surface area contributed by atoms with Crippen LogP contribution in [0.4, 0.5) is 0 Å². The summed E-state index contributed by atoms with van der Waals surface area (Å²) in [5.74, 6) is 0.983. The summed E-state index contributed by atoms with van der Waals surface area (Å²) < 4.78 is 0. The van der Waals surface area contributed by atoms with Crippen LogP contribution in [0.5, 0.6) is 0 Å². The number of aliphatic hydroxyl groups is 1. The van der Waals surface area contributed by atoms with Crippen molar-refractivity contribution < 1.29 is 5.11 Å². The Morgan fingerprint density at radius 3 is 2.92 bits per heavy atom. The van der Waals surface area contributed by atoms with E-state index in [0.717, 1.165) is 31.7 Å². The van der Waals surface area contributed by atoms with Crippen LogP contribution in [0, 0.1) is 0 Å². The number of hydrogen-bond donors (Lipinski definition) is 2. The summed E-state index contributed by atoms with van der Waals surface area (Å²) in [4.78, 5) is 2.36. The Morgan fingerprint density at radius 2 is 2.25 bits per heavy atom. The first-order chi connectivity index (χ1) is 5.83. The maximum atomic E-state index is 9.38. The molecule has 1 N–H and O–H groups in total. The quantitative estimate of drug-likeness (QED) is 0.512. The van der Waals surface area contributed by atoms with Gasteiger partial charge in [0.2, 0.25) is 0 Å². The molecule has 0 aromatic heterocycles. The van der Waals surface area contributed by atoms with Crippen molar-refractivity contribution in [2.45, 2.75) is 31.8 Å². The van der Waals surface area contributed by atoms with E-state index in [0.29, 0.717) is 0 Å². The first kappa shape index (κ1) is 10.4. The third-order valence-electron chi connectivity index (χ3n) is 2.36. The fourth-order valence-corrected chi connectivity index (χ4v) is 1.91. The second-order valence-electron chi connectivity index (χ2n) is 3.53. The van der Waals surface area contributed by atoms with Crippen LogP contribution in [0.3, 0.4) is 0 Å². The van der Waals surface area contributed by atoms with Crippen LogP contribution in [0.15, 0.2) is 0 Å². The number of hydrogen-bond acceptors (Lipinski definition) is 3. The van der Waals surface area contributed by atoms with Gasteiger partial charge >= 0.3 is 0 Å². The molecule has 0 radical (unpaired) electrons. The van der Waals surface area contributed by atoms with E-state index in [4.69, 9.17) is 0 Å². The lowest BCUT2D eigenvalue weighted by Crippen LogP contribution is -2.38. The molecule has 2 nitrogen and oxygen atoms in total. The summed E-state index contributed by atoms with van der Waals surface area (Å²) in [6.07, 6.45) is 4.48. The van der Waals surface area contributed by atoms with Crippen LogP contribution in [-0.2, 0) is 0 Å². The van der Waals surface area contributed by atoms with Crippen molar-refractivity contribution in [1.29, 1.82) is 0 Å². The molecular formula is C9H19NOS. The van der Waals surface area contributed by atoms with Crippen molar-refractivity contribution in [2.75, 3.05) is 25.4 Å². The van der Waals surface area contributed by atoms with Gasteiger partial charge in [0, 0.05) is 6.54 Å². The molecular weight excluding hydrogens is 170 g/mol. The number of likely N-dealkylation sites (tertiary alicyclic amines) is 1. The molecule has 0 aromatic rings. The molecule has 1 aliphatic rings. The third-order valence-corrected chi connectivity index (χ3v) is 2.68. The average Bonchev–Trinajstić information content (AvgIpc) is 2.05. The van der Waals surface area contributed by atoms with Gasteiger partial charge in [-0.2, -0.15) is 12.6 Å². The number of thiol groups is 1. The largest absolute Gasteiger partial charge is 0.392 e. The van der Waals surface area contributed by atoms with Crippen LogP contribution < -0.4 is 0 Å². The molecule has 1 unspecified atom stereocenters. The fourth-order valence-electron chi connectivity index (χ4n) is 1.68. The lowest BCUT2D eigenvalue weighted by atomic mass is 10.1. The van der Waals surface area contributed by atoms with Crippen LogP contribution in [0.1, 0.15) is 25.7 Å². The van der Waals surface area contributed by atoms with E-state index >= 15 is 0 Å². The van der Waals surface area contributed by atoms with Gasteiger partial charge in [-0.3, -0.25) is 0 Å². The summed E-state index contributed by atoms with van der Waals surface area (Å²) in [5, 5.41) is 9.38. The lowest BCUT2D eigenvalue weighted by molar-refractivity contribution is 0.0701. The zero-order valence-electron chi connectivity index (χ0n) is 7.58. The van der Waals surface area contributed by atoms with Crippen molar-refractivity contribution in [1.82, 2.24) is 4.90 Å². The van der Waals surface area contributed by atoms with Gasteiger partial charge < -0.3 is 10.0 Å². The van der Waals surface area contributed by atoms with Gasteiger partial charge in [0.1, 0.15) is 0 Å². The Labute approximate surface area is 80.4 Å². The molecule has 1 heterocycles. The van der Waals surface area contributed by atoms with E-state index in [-0.39, 0.29) is 6.10 Å². The summed E-state index contributed by atoms with van der Waals surface area (Å²) in [6.45, 7) is 3.19. The molecule has 1 fully saturated rings. The number of aliphatic hydroxyl groups excluding tert-OH is 1. The van der Waals surface area contributed by atoms with Gasteiger partial charge in [0.25, 0.3) is 0 Å². The molecule has 72 valence electrons. The van der Waals surface area contributed by atoms with Crippen LogP contribution in [0.25, 0.3) is 0 Å². The van der Waals surface area contributed by atoms with E-state index in [9.17, 15) is 5.11 Å². The standard InChI is InChI=1S/C9H19NOS/c11-9-4-3-6-10(8-9)5-1-2-7-12/h9,11-12H,1-8H2. The van der Waals surface area contributed by atoms with E-state index in [1.165, 1.54) is 19.4 Å². The molecule has 0 aromatic carbocycles. The molecule has 0 saturated carbocycles. The molecule has 0 bridgehead atoms. The number of rotatable bonds is 4. The van der Waals surface area contributed by atoms with Crippen molar-refractivity contribution >= 4 is 12.6 Å². The zero-order chi connectivity index (χ0) is 8.81. The minimum Gasteiger partial charge on any atom is -0.392 e. The first-order valence-corrected chi connectivity index (χ1v) is 5.47. The van der Waals surface area contributed by atoms with Crippen molar-refractivity contribution in [3.63, 3.8) is 0 Å². The average molecular weight is 189 g/mol. The van der Waals surface area contributed by atoms with Crippen molar-refractivity contribution in [2.24, 2.45) is 0 Å². The molecule has 0 aliphatic carbocycles. The normalized spacial score (nSPS) is 26.0. The Hall–Kier alpha value is 0.270. The Bertz CT molecular complexity index is 121. The van der Waals surface area contributed by atoms with Gasteiger partial charge in [-0.1, -0.05) is 0 Å². The molecule has 3 heteroatoms. The zero-order valence-corrected chi connectivity index (χ0v) is 8.47. The van der Waals surface area contributed by atoms with E-state index in [2.05, 4.69) is 17.5 Å². The fraction of sp³-hybridized carbons (Fsp3) is 1.00. The van der Waals surface area contributed by atoms with Gasteiger partial charge in [-0.05, 0) is 44.5 Å². The van der Waals surface area contributed by atoms with E-state index in [1.807, 2.05) is 0 Å². The summed E-state index contributed by atoms with van der Waals surface area (Å²) in [5.41, 5.74) is 0. The summed E-state index contributed by atoms with van der Waals surface area (Å²) in [6, 6.07) is 0. The monoisotopic (exact) mass is 189 g/mol. The first-order valence-electron chi connectivity index (χ1n) is 4.84. The SMILES string of the molecule is OC1CCCN(CCCCS)C1. The van der Waals surface area contributed by atoms with Gasteiger partial charge in [-0.15, -0.1) is 0 Å². The van der Waals surface area contributed by atoms with Gasteiger partial charge in [0.15, 0.2) is 0 Å². The molecule has 0 spiro atoms. The number of piperidine rings is 1. The Kier molecular flexibility index (Phi) is 5.04. The van der Waals surface area contributed by atoms with Crippen molar-refractivity contribution in [3.05, 3.63) is 0 Å². The molecule has 1 saturated heterocycles. The minimum absolute atomic E-state index is 0.0743. The highest BCUT2D eigenvalue weighted by Gasteiger charge is 2.16. The second-order valence-corrected chi connectivity index (χ2v) is 3.97. The van der Waals surface area contributed by atoms with E-state index in [1.54, 1.807) is 0 Å². The van der Waals surface area contributed by atoms with Crippen LogP contribution in [-0.4, -0.2) is 41.5 Å². The number of β-amino-alcohol motifs (C(OH)–C–C–N with tert-alkyl or cyclic N) is 1. The second kappa shape index (κ2) is 5.84. The van der Waals surface area contributed by atoms with Crippen molar-refractivity contribution in [3.8, 4) is 0 Å². The highest BCUT2D eigenvalue weighted by atomic mass is 32.1. The Balaban J connectivity index is 2.06. The maximum absolute atomic E-state index is 9.38. The molecule has 1 aliphatic heterocycles. The van der Waals surface area contributed by atoms with Crippen LogP contribution >= 0.6 is 12.6 Å². The third kappa shape index (κ3) is 3.78. The molecule has 0 amide bonds. The summed E-state index contributed by atoms with van der Waals surface area (Å²) >= 11 is 4.17. The van der Waals surface area contributed by atoms with Crippen LogP contribution in [0.2, 0.25) is 0 Å². The summed E-state index contributed by atoms with van der Waals surface area (Å²) in [7, 11) is 0. The number of unbranched alkanes of at least 4 members (excludes halogenated alkanes) is 1. The van der Waals surface area contributed by atoms with Gasteiger partial charge in [-0.25, -0.2) is 0 Å². The molecule has 1 rings (SSSR count). The minimum atomic E-state index is -0.0743. The number of nitrogens with zero attached hydrogens (tertiary/aromatic N) is 1. The van der Waals surface area contributed by atoms with Gasteiger partial charge in [0.05, 0.1) is 6.10 Å². The van der Waals surface area contributed by atoms with E-state index < -0.39 is 0 Å². The lowest BCUT2D eigenvalue weighted by Gasteiger charge is -2.29. The maximum Gasteiger partial charge on any atom is 0.0667 e. The predicted molar refractivity (Wildman–Crippen MR) is 54.8 cm³/mol. The molecule has 12 heavy (non-hydrogen) atoms. The molecule has 1 atom stereocenters. The smallest absolute Gasteiger partial charge is 0.0667 e.